The van der Waals surface area contributed by atoms with E-state index in [2.05, 4.69) is 167 Å². The number of rotatable bonds is 6. The predicted molar refractivity (Wildman–Crippen MR) is 206 cm³/mol. The van der Waals surface area contributed by atoms with Gasteiger partial charge in [0.05, 0.1) is 0 Å². The van der Waals surface area contributed by atoms with E-state index in [1.54, 1.807) is 0 Å². The van der Waals surface area contributed by atoms with Gasteiger partial charge in [-0.1, -0.05) is 153 Å². The highest BCUT2D eigenvalue weighted by Crippen LogP contribution is 2.39. The first kappa shape index (κ1) is 31.2. The highest BCUT2D eigenvalue weighted by Gasteiger charge is 2.35. The summed E-state index contributed by atoms with van der Waals surface area (Å²) in [5, 5.41) is 0. The van der Waals surface area contributed by atoms with E-state index in [-0.39, 0.29) is 5.41 Å². The third kappa shape index (κ3) is 6.11. The second kappa shape index (κ2) is 13.2. The van der Waals surface area contributed by atoms with Gasteiger partial charge in [0.25, 0.3) is 0 Å². The van der Waals surface area contributed by atoms with Gasteiger partial charge in [-0.15, -0.1) is 0 Å². The molecule has 0 bridgehead atoms. The summed E-state index contributed by atoms with van der Waals surface area (Å²) < 4.78 is 0. The Bertz CT molecular complexity index is 1780. The van der Waals surface area contributed by atoms with E-state index in [1.807, 2.05) is 0 Å². The first-order chi connectivity index (χ1) is 24.6. The zero-order chi connectivity index (χ0) is 33.5. The van der Waals surface area contributed by atoms with Crippen LogP contribution in [-0.4, -0.2) is 34.3 Å². The van der Waals surface area contributed by atoms with E-state index in [9.17, 15) is 0 Å². The predicted octanol–water partition coefficient (Wildman–Crippen LogP) is 10.0. The van der Waals surface area contributed by atoms with Gasteiger partial charge in [-0.25, -0.2) is 0 Å². The molecule has 0 aromatic heterocycles. The SMILES string of the molecule is CC(CN1Cc2ccccc2-c2ccccc2C1)(CN1Cc2ccccc2-c2ccccc2C1)CN1Cc2ccccc2-c2ccccc2C1. The number of fused-ring (bicyclic) bond motifs is 9. The fourth-order valence-corrected chi connectivity index (χ4v) is 9.24. The molecular weight excluding hydrogens is 607 g/mol. The Kier molecular flexibility index (Phi) is 8.21. The normalized spacial score (nSPS) is 16.0. The lowest BCUT2D eigenvalue weighted by Crippen LogP contribution is -2.49. The second-order valence-corrected chi connectivity index (χ2v) is 15.2. The van der Waals surface area contributed by atoms with E-state index >= 15 is 0 Å². The molecule has 0 radical (unpaired) electrons. The molecule has 50 heavy (non-hydrogen) atoms. The van der Waals surface area contributed by atoms with Gasteiger partial charge in [-0.3, -0.25) is 14.7 Å². The van der Waals surface area contributed by atoms with Gasteiger partial charge in [0.1, 0.15) is 0 Å². The van der Waals surface area contributed by atoms with Crippen LogP contribution in [0.25, 0.3) is 33.4 Å². The smallest absolute Gasteiger partial charge is 0.0243 e. The van der Waals surface area contributed by atoms with Crippen LogP contribution in [0.1, 0.15) is 40.3 Å². The van der Waals surface area contributed by atoms with Gasteiger partial charge in [0, 0.05) is 64.3 Å². The Morgan fingerprint density at radius 3 is 0.700 bits per heavy atom. The summed E-state index contributed by atoms with van der Waals surface area (Å²) in [6.07, 6.45) is 0. The fourth-order valence-electron chi connectivity index (χ4n) is 9.24. The molecule has 0 N–H and O–H groups in total. The fraction of sp³-hybridized carbons (Fsp3) is 0.234. The molecule has 0 unspecified atom stereocenters. The van der Waals surface area contributed by atoms with Crippen molar-refractivity contribution in [3.63, 3.8) is 0 Å². The Morgan fingerprint density at radius 1 is 0.320 bits per heavy atom. The third-order valence-corrected chi connectivity index (χ3v) is 11.2. The van der Waals surface area contributed by atoms with E-state index in [0.29, 0.717) is 0 Å². The molecule has 0 spiro atoms. The maximum absolute atomic E-state index is 2.74. The third-order valence-electron chi connectivity index (χ3n) is 11.2. The van der Waals surface area contributed by atoms with Gasteiger partial charge in [-0.2, -0.15) is 0 Å². The lowest BCUT2D eigenvalue weighted by Gasteiger charge is -2.42. The van der Waals surface area contributed by atoms with Crippen molar-refractivity contribution in [1.82, 2.24) is 14.7 Å². The number of hydrogen-bond donors (Lipinski definition) is 0. The van der Waals surface area contributed by atoms with Crippen LogP contribution in [0.3, 0.4) is 0 Å². The highest BCUT2D eigenvalue weighted by molar-refractivity contribution is 5.73. The summed E-state index contributed by atoms with van der Waals surface area (Å²) >= 11 is 0. The first-order valence-corrected chi connectivity index (χ1v) is 18.2. The molecule has 0 aliphatic carbocycles. The molecular formula is C47H45N3. The lowest BCUT2D eigenvalue weighted by atomic mass is 9.87. The average Bonchev–Trinajstić information content (AvgIpc) is 3.47. The van der Waals surface area contributed by atoms with Crippen LogP contribution in [0.2, 0.25) is 0 Å². The summed E-state index contributed by atoms with van der Waals surface area (Å²) in [6, 6.07) is 54.4. The molecule has 9 rings (SSSR count). The summed E-state index contributed by atoms with van der Waals surface area (Å²) in [5.41, 5.74) is 16.8. The standard InChI is InChI=1S/C47H45N3/c1-47(32-48-26-35-14-2-8-20-41(35)42-21-9-3-15-36(42)27-48,33-49-28-37-16-4-10-22-43(37)44-23-11-5-17-38(44)29-49)34-50-30-39-18-6-12-24-45(39)46-25-13-7-19-40(46)31-50/h2-25H,26-34H2,1H3. The Labute approximate surface area is 297 Å². The first-order valence-electron chi connectivity index (χ1n) is 18.2. The van der Waals surface area contributed by atoms with Crippen molar-refractivity contribution in [2.24, 2.45) is 5.41 Å². The monoisotopic (exact) mass is 651 g/mol. The van der Waals surface area contributed by atoms with Crippen molar-refractivity contribution in [3.8, 4) is 33.4 Å². The van der Waals surface area contributed by atoms with Crippen molar-refractivity contribution < 1.29 is 0 Å². The maximum Gasteiger partial charge on any atom is 0.0243 e. The molecule has 0 saturated carbocycles. The van der Waals surface area contributed by atoms with Crippen molar-refractivity contribution in [3.05, 3.63) is 179 Å². The molecule has 6 aromatic rings. The summed E-state index contributed by atoms with van der Waals surface area (Å²) in [4.78, 5) is 8.22. The zero-order valence-corrected chi connectivity index (χ0v) is 29.1. The average molecular weight is 652 g/mol. The van der Waals surface area contributed by atoms with Crippen LogP contribution >= 0.6 is 0 Å². The molecule has 3 nitrogen and oxygen atoms in total. The molecule has 0 atom stereocenters. The van der Waals surface area contributed by atoms with Crippen LogP contribution in [0.15, 0.2) is 146 Å². The van der Waals surface area contributed by atoms with Gasteiger partial charge in [0.15, 0.2) is 0 Å². The zero-order valence-electron chi connectivity index (χ0n) is 29.1. The van der Waals surface area contributed by atoms with Crippen molar-refractivity contribution in [2.45, 2.75) is 46.2 Å². The Morgan fingerprint density at radius 2 is 0.500 bits per heavy atom. The summed E-state index contributed by atoms with van der Waals surface area (Å²) in [5.74, 6) is 0. The lowest BCUT2D eigenvalue weighted by molar-refractivity contribution is 0.0511. The quantitative estimate of drug-likeness (QED) is 0.178. The van der Waals surface area contributed by atoms with E-state index in [1.165, 1.54) is 66.8 Å². The molecule has 6 aromatic carbocycles. The number of hydrogen-bond acceptors (Lipinski definition) is 3. The largest absolute Gasteiger partial charge is 0.294 e. The molecule has 0 saturated heterocycles. The van der Waals surface area contributed by atoms with Gasteiger partial charge < -0.3 is 0 Å². The highest BCUT2D eigenvalue weighted by atomic mass is 15.2. The minimum atomic E-state index is -0.0172. The molecule has 3 aliphatic heterocycles. The second-order valence-electron chi connectivity index (χ2n) is 15.2. The summed E-state index contributed by atoms with van der Waals surface area (Å²) in [6.45, 7) is 11.3. The van der Waals surface area contributed by atoms with Crippen LogP contribution in [0, 0.1) is 5.41 Å². The van der Waals surface area contributed by atoms with E-state index < -0.39 is 0 Å². The minimum absolute atomic E-state index is 0.0172. The van der Waals surface area contributed by atoms with Crippen LogP contribution in [-0.2, 0) is 39.3 Å². The minimum Gasteiger partial charge on any atom is -0.294 e. The van der Waals surface area contributed by atoms with Crippen LogP contribution in [0.4, 0.5) is 0 Å². The maximum atomic E-state index is 2.74. The van der Waals surface area contributed by atoms with E-state index in [0.717, 1.165) is 58.9 Å². The number of benzene rings is 6. The molecule has 3 aliphatic rings. The van der Waals surface area contributed by atoms with Crippen molar-refractivity contribution in [1.29, 1.82) is 0 Å². The molecule has 0 amide bonds. The Hall–Kier alpha value is -4.80. The topological polar surface area (TPSA) is 9.72 Å². The molecule has 248 valence electrons. The van der Waals surface area contributed by atoms with Crippen molar-refractivity contribution in [2.75, 3.05) is 19.6 Å². The van der Waals surface area contributed by atoms with Gasteiger partial charge in [-0.05, 0) is 66.8 Å². The number of nitrogens with zero attached hydrogens (tertiary/aromatic N) is 3. The molecule has 0 fully saturated rings. The van der Waals surface area contributed by atoms with Gasteiger partial charge in [0.2, 0.25) is 0 Å². The molecule has 3 heteroatoms. The molecule has 3 heterocycles. The van der Waals surface area contributed by atoms with E-state index in [4.69, 9.17) is 0 Å². The van der Waals surface area contributed by atoms with Crippen LogP contribution in [0.5, 0.6) is 0 Å². The Balaban J connectivity index is 1.09. The van der Waals surface area contributed by atoms with Gasteiger partial charge >= 0.3 is 0 Å². The van der Waals surface area contributed by atoms with Crippen LogP contribution < -0.4 is 0 Å². The van der Waals surface area contributed by atoms with Crippen molar-refractivity contribution >= 4 is 0 Å². The summed E-state index contributed by atoms with van der Waals surface area (Å²) in [7, 11) is 0.